The van der Waals surface area contributed by atoms with E-state index in [1.807, 2.05) is 18.9 Å². The summed E-state index contributed by atoms with van der Waals surface area (Å²) in [6.07, 6.45) is -15.0. The van der Waals surface area contributed by atoms with Gasteiger partial charge in [0.2, 0.25) is 60.1 Å². The molecule has 0 amide bonds. The van der Waals surface area contributed by atoms with Crippen molar-refractivity contribution in [1.29, 1.82) is 0 Å². The highest BCUT2D eigenvalue weighted by atomic mass is 32.3. The molecule has 4 aliphatic carbocycles. The number of rotatable bonds is 31. The zero-order valence-electron chi connectivity index (χ0n) is 54.5. The summed E-state index contributed by atoms with van der Waals surface area (Å²) in [5, 5.41) is 12.7. The maximum Gasteiger partial charge on any atom is 0.269 e. The Morgan fingerprint density at radius 3 is 0.663 bits per heavy atom. The molecule has 8 bridgehead atoms. The van der Waals surface area contributed by atoms with Crippen LogP contribution in [0.4, 0.5) is 0 Å². The minimum Gasteiger partial charge on any atom is -0.314 e. The number of hydrogen-bond donors (Lipinski definition) is 21. The van der Waals surface area contributed by atoms with Gasteiger partial charge in [-0.1, -0.05) is 0 Å². The van der Waals surface area contributed by atoms with Gasteiger partial charge in [0.15, 0.2) is 0 Å². The lowest BCUT2D eigenvalue weighted by Gasteiger charge is -2.42. The van der Waals surface area contributed by atoms with E-state index in [9.17, 15) is 137 Å². The van der Waals surface area contributed by atoms with Crippen molar-refractivity contribution in [3.63, 3.8) is 0 Å². The summed E-state index contributed by atoms with van der Waals surface area (Å²) in [6.45, 7) is -5.63. The molecule has 21 N–H and O–H groups in total. The Labute approximate surface area is 604 Å². The minimum absolute atomic E-state index is 0.0179. The van der Waals surface area contributed by atoms with E-state index >= 15 is 0 Å². The lowest BCUT2D eigenvalue weighted by molar-refractivity contribution is 0.169. The van der Waals surface area contributed by atoms with Crippen LogP contribution in [-0.4, -0.2) is 303 Å². The van der Waals surface area contributed by atoms with Crippen molar-refractivity contribution in [2.75, 3.05) is 73.8 Å². The number of hydrogen-bond acceptors (Lipinski definition) is 33. The van der Waals surface area contributed by atoms with Crippen LogP contribution in [0.5, 0.6) is 0 Å². The van der Waals surface area contributed by atoms with Crippen molar-refractivity contribution in [2.24, 2.45) is 47.3 Å². The Hall–Kier alpha value is -1.42. The first kappa shape index (κ1) is 86.6. The molecule has 608 valence electrons. The summed E-state index contributed by atoms with van der Waals surface area (Å²) in [5.41, 5.74) is 0. The van der Waals surface area contributed by atoms with Crippen molar-refractivity contribution in [3.05, 3.63) is 0 Å². The molecule has 0 aromatic carbocycles. The largest absolute Gasteiger partial charge is 0.314 e. The van der Waals surface area contributed by atoms with Gasteiger partial charge in [-0.15, -0.1) is 0 Å². The van der Waals surface area contributed by atoms with E-state index in [-0.39, 0.29) is 19.3 Å². The standard InChI is InChI=1S/C45H88N14O32S13/c1-92(60,61)10-4-47-99(79,80)32-18-29-28(20-33(32)100(81,82)48-6-12-94(65,66)67)41-54-39-25-16-23(98(77,78)46-5-11-93(62,63)64)2-3-24(25)38(52-39)53-40-26-17-34(101(83,84)49-7-13-95(68,69)70)35(102(85,86)50-8-14-96(71,72)73)19-27(26)42(55-40)57-44-30-21-36(103(87,88)51-9-15-97(74,75)76)37(104(89,90)91)22-31(30)45(59-44)58-43(29)56-41/h23-59H,1-22H2,(H,60,61)(H,62,63,64)(H,65,66,67)(H,68,69,70)(H,71,72,73)(H,74,75,76)(H,89,90,91). The van der Waals surface area contributed by atoms with Gasteiger partial charge in [-0.2, -0.15) is 50.5 Å². The van der Waals surface area contributed by atoms with Crippen LogP contribution >= 0.6 is 0 Å². The Kier molecular flexibility index (Phi) is 26.2. The van der Waals surface area contributed by atoms with E-state index in [1.54, 1.807) is 0 Å². The molecule has 46 nitrogen and oxygen atoms in total. The molecule has 0 aromatic rings. The fourth-order valence-corrected chi connectivity index (χ4v) is 32.6. The fraction of sp³-hybridized carbons (Fsp3) is 0.978. The summed E-state index contributed by atoms with van der Waals surface area (Å²) in [7, 11) is -63.5. The Morgan fingerprint density at radius 2 is 0.442 bits per heavy atom. The highest BCUT2D eigenvalue weighted by Crippen LogP contribution is 2.50. The molecule has 9 rings (SSSR count). The van der Waals surface area contributed by atoms with Gasteiger partial charge in [0.25, 0.3) is 60.7 Å². The van der Waals surface area contributed by atoms with Crippen LogP contribution in [0, 0.1) is 47.3 Å². The minimum atomic E-state index is -5.50. The summed E-state index contributed by atoms with van der Waals surface area (Å²) in [5.74, 6) is -12.3. The summed E-state index contributed by atoms with van der Waals surface area (Å²) >= 11 is 0. The quantitative estimate of drug-likeness (QED) is 0.0226. The number of sulfonamides is 6. The average molecular weight is 1750 g/mol. The van der Waals surface area contributed by atoms with Crippen LogP contribution < -0.4 is 70.9 Å². The van der Waals surface area contributed by atoms with Gasteiger partial charge < -0.3 is 4.55 Å². The monoisotopic (exact) mass is 1750 g/mol. The molecule has 9 aliphatic rings. The van der Waals surface area contributed by atoms with Gasteiger partial charge in [-0.3, -0.25) is 69.9 Å². The second-order valence-corrected chi connectivity index (χ2v) is 51.0. The maximum absolute atomic E-state index is 14.7. The van der Waals surface area contributed by atoms with Crippen LogP contribution in [0.25, 0.3) is 0 Å². The van der Waals surface area contributed by atoms with E-state index < -0.39 is 376 Å². The van der Waals surface area contributed by atoms with E-state index in [4.69, 9.17) is 0 Å². The highest BCUT2D eigenvalue weighted by Gasteiger charge is 2.63. The van der Waals surface area contributed by atoms with Gasteiger partial charge in [-0.25, -0.2) is 83.0 Å². The molecule has 5 aliphatic heterocycles. The van der Waals surface area contributed by atoms with Crippen LogP contribution in [0.1, 0.15) is 57.8 Å². The van der Waals surface area contributed by atoms with Gasteiger partial charge in [0.05, 0.1) is 125 Å². The molecule has 5 saturated heterocycles. The summed E-state index contributed by atoms with van der Waals surface area (Å²) in [4.78, 5) is 0. The molecule has 59 heteroatoms. The first-order valence-corrected chi connectivity index (χ1v) is 52.8. The Bertz CT molecular complexity index is 4700. The molecule has 0 aromatic heterocycles. The molecule has 24 atom stereocenters. The first-order valence-electron chi connectivity index (χ1n) is 32.1. The van der Waals surface area contributed by atoms with E-state index in [2.05, 4.69) is 57.8 Å². The zero-order valence-corrected chi connectivity index (χ0v) is 65.1. The van der Waals surface area contributed by atoms with Crippen molar-refractivity contribution in [1.82, 2.24) is 70.9 Å². The van der Waals surface area contributed by atoms with Crippen molar-refractivity contribution >= 4 is 137 Å². The summed E-state index contributed by atoms with van der Waals surface area (Å²) in [6, 6.07) is 0. The third kappa shape index (κ3) is 21.9. The van der Waals surface area contributed by atoms with Crippen LogP contribution in [0.2, 0.25) is 0 Å². The van der Waals surface area contributed by atoms with Crippen molar-refractivity contribution < 1.29 is 137 Å². The molecule has 0 radical (unpaired) electrons. The third-order valence-electron chi connectivity index (χ3n) is 21.0. The lowest BCUT2D eigenvalue weighted by atomic mass is 9.76. The molecule has 0 spiro atoms. The molecule has 4 saturated carbocycles. The predicted molar refractivity (Wildman–Crippen MR) is 369 cm³/mol. The smallest absolute Gasteiger partial charge is 0.269 e. The molecule has 24 unspecified atom stereocenters. The SMILES string of the molecule is C=S(=O)(O)CCNS(=O)(=O)C1CC2C3NC4NC(NC5NC(NC6NC(NC(N3)C2CC1S(=O)(=O)NCCS(=O)(=O)O)C1CC(S(=O)(=O)NCCS(=O)(=O)O)CCC61)C1CC(S(=O)(=O)NCCS(=O)(=O)O)C(S(=O)(=O)NCCS(=O)(=O)O)CC51)C1CC(S(=O)(=O)NCCS(=O)(=O)O)C(S(=O)(=O)O)CC41. The van der Waals surface area contributed by atoms with Crippen molar-refractivity contribution in [3.8, 4) is 0 Å². The molecular formula is C45H88N14O32S13. The molecule has 104 heavy (non-hydrogen) atoms. The topological polar surface area (TPSA) is 737 Å². The molecule has 5 heterocycles. The second kappa shape index (κ2) is 31.5. The van der Waals surface area contributed by atoms with Crippen LogP contribution in [0.3, 0.4) is 0 Å². The van der Waals surface area contributed by atoms with Crippen molar-refractivity contribution in [2.45, 2.75) is 144 Å². The van der Waals surface area contributed by atoms with Gasteiger partial charge in [-0.05, 0) is 111 Å². The fourth-order valence-electron chi connectivity index (χ4n) is 16.6. The first-order chi connectivity index (χ1) is 47.3. The predicted octanol–water partition coefficient (Wildman–Crippen LogP) is -11.5. The maximum atomic E-state index is 14.7. The van der Waals surface area contributed by atoms with Crippen LogP contribution in [-0.2, 0) is 131 Å². The van der Waals surface area contributed by atoms with Crippen LogP contribution in [0.15, 0.2) is 0 Å². The third-order valence-corrected chi connectivity index (χ3v) is 38.8. The average Bonchev–Trinajstić information content (AvgIpc) is 1.48. The van der Waals surface area contributed by atoms with Gasteiger partial charge >= 0.3 is 0 Å². The van der Waals surface area contributed by atoms with Gasteiger partial charge in [0.1, 0.15) is 5.25 Å². The lowest BCUT2D eigenvalue weighted by Crippen LogP contribution is -2.61. The summed E-state index contributed by atoms with van der Waals surface area (Å²) < 4.78 is 413. The number of nitrogens with one attached hydrogen (secondary N) is 14. The molecular weight excluding hydrogens is 1670 g/mol. The zero-order chi connectivity index (χ0) is 77.5. The van der Waals surface area contributed by atoms with E-state index in [0.717, 1.165) is 0 Å². The molecule has 9 fully saturated rings. The van der Waals surface area contributed by atoms with E-state index in [0.29, 0.717) is 0 Å². The number of fused-ring (bicyclic) bond motifs is 20. The highest BCUT2D eigenvalue weighted by molar-refractivity contribution is 7.96. The Morgan fingerprint density at radius 1 is 0.250 bits per heavy atom. The normalized spacial score (nSPS) is 37.0. The van der Waals surface area contributed by atoms with E-state index in [1.165, 1.54) is 0 Å². The Balaban J connectivity index is 1.20. The second-order valence-electron chi connectivity index (χ2n) is 27.6. The van der Waals surface area contributed by atoms with Gasteiger partial charge in [0, 0.05) is 39.3 Å².